The van der Waals surface area contributed by atoms with Gasteiger partial charge in [0.15, 0.2) is 11.5 Å². The van der Waals surface area contributed by atoms with Crippen LogP contribution in [0, 0.1) is 0 Å². The van der Waals surface area contributed by atoms with Crippen molar-refractivity contribution in [2.75, 3.05) is 5.75 Å². The van der Waals surface area contributed by atoms with Crippen molar-refractivity contribution in [3.63, 3.8) is 0 Å². The molecule has 2 atom stereocenters. The van der Waals surface area contributed by atoms with E-state index in [0.29, 0.717) is 6.04 Å². The first-order chi connectivity index (χ1) is 8.70. The van der Waals surface area contributed by atoms with Crippen LogP contribution in [-0.4, -0.2) is 27.3 Å². The van der Waals surface area contributed by atoms with Crippen molar-refractivity contribution in [2.24, 2.45) is 0 Å². The van der Waals surface area contributed by atoms with Crippen LogP contribution in [-0.2, 0) is 6.54 Å². The van der Waals surface area contributed by atoms with Gasteiger partial charge >= 0.3 is 0 Å². The van der Waals surface area contributed by atoms with Crippen molar-refractivity contribution in [3.05, 3.63) is 23.8 Å². The van der Waals surface area contributed by atoms with Crippen LogP contribution < -0.4 is 5.32 Å². The van der Waals surface area contributed by atoms with E-state index >= 15 is 0 Å². The maximum Gasteiger partial charge on any atom is 0.157 e. The molecule has 0 radical (unpaired) electrons. The minimum atomic E-state index is -0.0565. The zero-order chi connectivity index (χ0) is 13.0. The highest BCUT2D eigenvalue weighted by atomic mass is 32.2. The Morgan fingerprint density at radius 1 is 1.28 bits per heavy atom. The van der Waals surface area contributed by atoms with Gasteiger partial charge in [-0.3, -0.25) is 0 Å². The smallest absolute Gasteiger partial charge is 0.157 e. The van der Waals surface area contributed by atoms with Crippen LogP contribution in [0.3, 0.4) is 0 Å². The molecule has 1 aliphatic rings. The van der Waals surface area contributed by atoms with Gasteiger partial charge in [0, 0.05) is 17.8 Å². The summed E-state index contributed by atoms with van der Waals surface area (Å²) in [6, 6.07) is 5.59. The molecule has 1 fully saturated rings. The van der Waals surface area contributed by atoms with E-state index in [2.05, 4.69) is 12.2 Å². The molecule has 100 valence electrons. The molecule has 1 aromatic carbocycles. The fourth-order valence-corrected chi connectivity index (χ4v) is 3.73. The quantitative estimate of drug-likeness (QED) is 0.718. The van der Waals surface area contributed by atoms with Gasteiger partial charge in [0.05, 0.1) is 0 Å². The normalized spacial score (nSPS) is 23.4. The third-order valence-electron chi connectivity index (χ3n) is 3.44. The van der Waals surface area contributed by atoms with E-state index in [1.165, 1.54) is 25.0 Å². The van der Waals surface area contributed by atoms with E-state index in [-0.39, 0.29) is 11.5 Å². The molecule has 0 spiro atoms. The lowest BCUT2D eigenvalue weighted by atomic mass is 10.1. The second-order valence-corrected chi connectivity index (χ2v) is 6.25. The van der Waals surface area contributed by atoms with Crippen LogP contribution in [0.1, 0.15) is 31.7 Å². The summed E-state index contributed by atoms with van der Waals surface area (Å²) < 4.78 is 0. The molecular formula is C14H21NO2S. The van der Waals surface area contributed by atoms with Crippen molar-refractivity contribution >= 4 is 11.8 Å². The monoisotopic (exact) mass is 267 g/mol. The zero-order valence-electron chi connectivity index (χ0n) is 10.7. The predicted octanol–water partition coefficient (Wildman–Crippen LogP) is 2.86. The van der Waals surface area contributed by atoms with E-state index in [9.17, 15) is 10.2 Å². The minimum Gasteiger partial charge on any atom is -0.504 e. The van der Waals surface area contributed by atoms with Crippen molar-refractivity contribution in [2.45, 2.75) is 44.0 Å². The summed E-state index contributed by atoms with van der Waals surface area (Å²) in [5.41, 5.74) is 1.01. The summed E-state index contributed by atoms with van der Waals surface area (Å²) in [5, 5.41) is 23.0. The maximum atomic E-state index is 9.45. The van der Waals surface area contributed by atoms with Gasteiger partial charge in [-0.25, -0.2) is 0 Å². The molecule has 3 nitrogen and oxygen atoms in total. The number of phenolic OH excluding ortho intramolecular Hbond substituents is 2. The summed E-state index contributed by atoms with van der Waals surface area (Å²) in [4.78, 5) is 0. The van der Waals surface area contributed by atoms with Gasteiger partial charge in [0.1, 0.15) is 0 Å². The Labute approximate surface area is 113 Å². The molecule has 3 N–H and O–H groups in total. The highest BCUT2D eigenvalue weighted by Gasteiger charge is 2.26. The molecule has 0 aliphatic heterocycles. The maximum absolute atomic E-state index is 9.45. The lowest BCUT2D eigenvalue weighted by Crippen LogP contribution is -2.33. The van der Waals surface area contributed by atoms with E-state index in [0.717, 1.165) is 17.4 Å². The molecule has 1 aromatic rings. The second-order valence-electron chi connectivity index (χ2n) is 4.74. The Morgan fingerprint density at radius 3 is 2.83 bits per heavy atom. The summed E-state index contributed by atoms with van der Waals surface area (Å²) >= 11 is 2.04. The van der Waals surface area contributed by atoms with Gasteiger partial charge in [0.25, 0.3) is 0 Å². The highest BCUT2D eigenvalue weighted by Crippen LogP contribution is 2.30. The summed E-state index contributed by atoms with van der Waals surface area (Å²) in [6.45, 7) is 2.96. The average molecular weight is 267 g/mol. The van der Waals surface area contributed by atoms with Gasteiger partial charge < -0.3 is 15.5 Å². The van der Waals surface area contributed by atoms with E-state index < -0.39 is 0 Å². The third kappa shape index (κ3) is 3.33. The van der Waals surface area contributed by atoms with Crippen LogP contribution in [0.2, 0.25) is 0 Å². The van der Waals surface area contributed by atoms with Crippen LogP contribution in [0.5, 0.6) is 11.5 Å². The van der Waals surface area contributed by atoms with Crippen LogP contribution in [0.15, 0.2) is 18.2 Å². The van der Waals surface area contributed by atoms with Gasteiger partial charge in [-0.2, -0.15) is 11.8 Å². The molecule has 2 unspecified atom stereocenters. The predicted molar refractivity (Wildman–Crippen MR) is 76.2 cm³/mol. The largest absolute Gasteiger partial charge is 0.504 e. The van der Waals surface area contributed by atoms with Gasteiger partial charge in [-0.05, 0) is 36.3 Å². The lowest BCUT2D eigenvalue weighted by Gasteiger charge is -2.20. The fraction of sp³-hybridized carbons (Fsp3) is 0.571. The number of benzene rings is 1. The molecule has 1 saturated carbocycles. The number of hydrogen-bond acceptors (Lipinski definition) is 4. The Kier molecular flexibility index (Phi) is 4.78. The van der Waals surface area contributed by atoms with Gasteiger partial charge in [-0.1, -0.05) is 19.4 Å². The molecule has 4 heteroatoms. The zero-order valence-corrected chi connectivity index (χ0v) is 11.5. The first-order valence-corrected chi connectivity index (χ1v) is 7.61. The van der Waals surface area contributed by atoms with Crippen LogP contribution >= 0.6 is 11.8 Å². The summed E-state index contributed by atoms with van der Waals surface area (Å²) in [5.74, 6) is 1.07. The Balaban J connectivity index is 1.88. The number of thioether (sulfide) groups is 1. The van der Waals surface area contributed by atoms with Gasteiger partial charge in [-0.15, -0.1) is 0 Å². The topological polar surface area (TPSA) is 52.5 Å². The van der Waals surface area contributed by atoms with Gasteiger partial charge in [0.2, 0.25) is 0 Å². The van der Waals surface area contributed by atoms with Crippen molar-refractivity contribution in [1.82, 2.24) is 5.32 Å². The number of hydrogen-bond donors (Lipinski definition) is 3. The molecule has 2 rings (SSSR count). The standard InChI is InChI=1S/C14H21NO2S/c1-2-18-14-5-3-4-11(14)15-9-10-6-7-12(16)13(17)8-10/h6-8,11,14-17H,2-5,9H2,1H3. The van der Waals surface area contributed by atoms with E-state index in [1.807, 2.05) is 17.8 Å². The summed E-state index contributed by atoms with van der Waals surface area (Å²) in [6.07, 6.45) is 3.84. The Hall–Kier alpha value is -0.870. The van der Waals surface area contributed by atoms with Crippen molar-refractivity contribution in [3.8, 4) is 11.5 Å². The molecule has 1 aliphatic carbocycles. The molecule has 0 bridgehead atoms. The number of nitrogens with one attached hydrogen (secondary N) is 1. The summed E-state index contributed by atoms with van der Waals surface area (Å²) in [7, 11) is 0. The van der Waals surface area contributed by atoms with Crippen molar-refractivity contribution in [1.29, 1.82) is 0 Å². The van der Waals surface area contributed by atoms with E-state index in [4.69, 9.17) is 0 Å². The van der Waals surface area contributed by atoms with Crippen LogP contribution in [0.25, 0.3) is 0 Å². The molecule has 0 saturated heterocycles. The average Bonchev–Trinajstić information content (AvgIpc) is 2.79. The molecular weight excluding hydrogens is 246 g/mol. The Bertz CT molecular complexity index is 397. The minimum absolute atomic E-state index is 0.0415. The number of rotatable bonds is 5. The number of phenols is 2. The Morgan fingerprint density at radius 2 is 2.11 bits per heavy atom. The van der Waals surface area contributed by atoms with Crippen molar-refractivity contribution < 1.29 is 10.2 Å². The molecule has 18 heavy (non-hydrogen) atoms. The highest BCUT2D eigenvalue weighted by molar-refractivity contribution is 7.99. The van der Waals surface area contributed by atoms with E-state index in [1.54, 1.807) is 12.1 Å². The third-order valence-corrected chi connectivity index (χ3v) is 4.77. The number of aromatic hydroxyl groups is 2. The lowest BCUT2D eigenvalue weighted by molar-refractivity contribution is 0.402. The first-order valence-electron chi connectivity index (χ1n) is 6.56. The SMILES string of the molecule is CCSC1CCCC1NCc1ccc(O)c(O)c1. The molecule has 0 amide bonds. The molecule has 0 heterocycles. The first kappa shape index (κ1) is 13.6. The molecule has 0 aromatic heterocycles. The fourth-order valence-electron chi connectivity index (χ4n) is 2.50. The van der Waals surface area contributed by atoms with Crippen LogP contribution in [0.4, 0.5) is 0 Å². The second kappa shape index (κ2) is 6.34.